The second-order valence-corrected chi connectivity index (χ2v) is 5.38. The van der Waals surface area contributed by atoms with Crippen LogP contribution in [0.4, 0.5) is 4.79 Å². The average Bonchev–Trinajstić information content (AvgIpc) is 2.57. The van der Waals surface area contributed by atoms with E-state index in [1.807, 2.05) is 44.2 Å². The van der Waals surface area contributed by atoms with E-state index in [1.165, 1.54) is 5.56 Å². The van der Waals surface area contributed by atoms with Gasteiger partial charge in [-0.15, -0.1) is 0 Å². The minimum atomic E-state index is -0.196. The van der Waals surface area contributed by atoms with Gasteiger partial charge in [-0.25, -0.2) is 9.78 Å². The van der Waals surface area contributed by atoms with Crippen LogP contribution in [0, 0.1) is 6.92 Å². The fourth-order valence-corrected chi connectivity index (χ4v) is 2.06. The Morgan fingerprint density at radius 3 is 2.57 bits per heavy atom. The Kier molecular flexibility index (Phi) is 6.41. The summed E-state index contributed by atoms with van der Waals surface area (Å²) in [5.74, 6) is 0.611. The van der Waals surface area contributed by atoms with Gasteiger partial charge in [-0.1, -0.05) is 42.8 Å². The molecule has 2 amide bonds. The molecule has 0 saturated heterocycles. The van der Waals surface area contributed by atoms with E-state index in [4.69, 9.17) is 4.74 Å². The SMILES string of the molecule is CCCOc1ccc(CNC(=O)NCc2cccc(C)c2)cn1. The summed E-state index contributed by atoms with van der Waals surface area (Å²) in [5.41, 5.74) is 3.19. The molecule has 0 atom stereocenters. The number of nitrogens with zero attached hydrogens (tertiary/aromatic N) is 1. The molecule has 0 aliphatic carbocycles. The molecule has 5 nitrogen and oxygen atoms in total. The van der Waals surface area contributed by atoms with Crippen LogP contribution in [0.15, 0.2) is 42.6 Å². The van der Waals surface area contributed by atoms with Crippen LogP contribution < -0.4 is 15.4 Å². The largest absolute Gasteiger partial charge is 0.478 e. The molecular formula is C18H23N3O2. The molecule has 5 heteroatoms. The summed E-state index contributed by atoms with van der Waals surface area (Å²) in [6.45, 7) is 5.68. The highest BCUT2D eigenvalue weighted by Crippen LogP contribution is 2.08. The molecule has 0 spiro atoms. The van der Waals surface area contributed by atoms with Gasteiger partial charge in [0.05, 0.1) is 6.61 Å². The second kappa shape index (κ2) is 8.78. The fourth-order valence-electron chi connectivity index (χ4n) is 2.06. The molecular weight excluding hydrogens is 290 g/mol. The molecule has 0 unspecified atom stereocenters. The van der Waals surface area contributed by atoms with Crippen molar-refractivity contribution in [2.45, 2.75) is 33.4 Å². The third-order valence-electron chi connectivity index (χ3n) is 3.24. The molecule has 0 fully saturated rings. The molecule has 122 valence electrons. The maximum Gasteiger partial charge on any atom is 0.315 e. The van der Waals surface area contributed by atoms with Gasteiger partial charge >= 0.3 is 6.03 Å². The van der Waals surface area contributed by atoms with Crippen LogP contribution in [0.25, 0.3) is 0 Å². The quantitative estimate of drug-likeness (QED) is 0.825. The van der Waals surface area contributed by atoms with Crippen LogP contribution >= 0.6 is 0 Å². The first kappa shape index (κ1) is 16.8. The van der Waals surface area contributed by atoms with Crippen molar-refractivity contribution in [2.75, 3.05) is 6.61 Å². The lowest BCUT2D eigenvalue weighted by Crippen LogP contribution is -2.34. The van der Waals surface area contributed by atoms with Crippen molar-refractivity contribution in [3.63, 3.8) is 0 Å². The van der Waals surface area contributed by atoms with E-state index < -0.39 is 0 Å². The van der Waals surface area contributed by atoms with Crippen LogP contribution in [0.1, 0.15) is 30.0 Å². The molecule has 0 radical (unpaired) electrons. The summed E-state index contributed by atoms with van der Waals surface area (Å²) >= 11 is 0. The van der Waals surface area contributed by atoms with Crippen LogP contribution in [-0.4, -0.2) is 17.6 Å². The second-order valence-electron chi connectivity index (χ2n) is 5.38. The molecule has 0 bridgehead atoms. The number of hydrogen-bond acceptors (Lipinski definition) is 3. The number of carbonyl (C=O) groups is 1. The number of rotatable bonds is 7. The minimum Gasteiger partial charge on any atom is -0.478 e. The number of benzene rings is 1. The van der Waals surface area contributed by atoms with Gasteiger partial charge < -0.3 is 15.4 Å². The summed E-state index contributed by atoms with van der Waals surface area (Å²) < 4.78 is 5.42. The van der Waals surface area contributed by atoms with Crippen molar-refractivity contribution in [2.24, 2.45) is 0 Å². The van der Waals surface area contributed by atoms with Crippen LogP contribution in [0.3, 0.4) is 0 Å². The number of nitrogens with one attached hydrogen (secondary N) is 2. The van der Waals surface area contributed by atoms with Gasteiger partial charge in [-0.2, -0.15) is 0 Å². The van der Waals surface area contributed by atoms with Crippen molar-refractivity contribution < 1.29 is 9.53 Å². The van der Waals surface area contributed by atoms with E-state index in [-0.39, 0.29) is 6.03 Å². The first-order chi connectivity index (χ1) is 11.2. The lowest BCUT2D eigenvalue weighted by Gasteiger charge is -2.09. The van der Waals surface area contributed by atoms with Crippen molar-refractivity contribution >= 4 is 6.03 Å². The fraction of sp³-hybridized carbons (Fsp3) is 0.333. The Bertz CT molecular complexity index is 626. The summed E-state index contributed by atoms with van der Waals surface area (Å²) in [5, 5.41) is 5.66. The van der Waals surface area contributed by atoms with Gasteiger partial charge in [0, 0.05) is 25.4 Å². The molecule has 2 aromatic rings. The van der Waals surface area contributed by atoms with Gasteiger partial charge in [0.25, 0.3) is 0 Å². The van der Waals surface area contributed by atoms with E-state index in [9.17, 15) is 4.79 Å². The third-order valence-corrected chi connectivity index (χ3v) is 3.24. The Morgan fingerprint density at radius 1 is 1.13 bits per heavy atom. The van der Waals surface area contributed by atoms with Crippen molar-refractivity contribution in [3.8, 4) is 5.88 Å². The number of pyridine rings is 1. The number of ether oxygens (including phenoxy) is 1. The van der Waals surface area contributed by atoms with Crippen molar-refractivity contribution in [3.05, 3.63) is 59.3 Å². The molecule has 2 rings (SSSR count). The first-order valence-electron chi connectivity index (χ1n) is 7.82. The Morgan fingerprint density at radius 2 is 1.91 bits per heavy atom. The molecule has 2 N–H and O–H groups in total. The summed E-state index contributed by atoms with van der Waals surface area (Å²) in [6, 6.07) is 11.6. The molecule has 1 aromatic carbocycles. The first-order valence-corrected chi connectivity index (χ1v) is 7.82. The smallest absolute Gasteiger partial charge is 0.315 e. The summed E-state index contributed by atoms with van der Waals surface area (Å²) in [7, 11) is 0. The van der Waals surface area contributed by atoms with Gasteiger partial charge in [0.15, 0.2) is 0 Å². The Labute approximate surface area is 137 Å². The van der Waals surface area contributed by atoms with E-state index in [2.05, 4.69) is 21.7 Å². The van der Waals surface area contributed by atoms with Gasteiger partial charge in [0.1, 0.15) is 0 Å². The van der Waals surface area contributed by atoms with Crippen molar-refractivity contribution in [1.29, 1.82) is 0 Å². The molecule has 1 aromatic heterocycles. The highest BCUT2D eigenvalue weighted by Gasteiger charge is 2.02. The lowest BCUT2D eigenvalue weighted by molar-refractivity contribution is 0.240. The zero-order chi connectivity index (χ0) is 16.5. The number of aryl methyl sites for hydroxylation is 1. The maximum absolute atomic E-state index is 11.8. The minimum absolute atomic E-state index is 0.196. The van der Waals surface area contributed by atoms with Crippen LogP contribution in [0.5, 0.6) is 5.88 Å². The van der Waals surface area contributed by atoms with Gasteiger partial charge in [-0.3, -0.25) is 0 Å². The number of carbonyl (C=O) groups excluding carboxylic acids is 1. The van der Waals surface area contributed by atoms with E-state index in [0.717, 1.165) is 17.5 Å². The van der Waals surface area contributed by atoms with E-state index in [0.29, 0.717) is 25.6 Å². The molecule has 23 heavy (non-hydrogen) atoms. The molecule has 1 heterocycles. The molecule has 0 saturated carbocycles. The normalized spacial score (nSPS) is 10.2. The van der Waals surface area contributed by atoms with Crippen molar-refractivity contribution in [1.82, 2.24) is 15.6 Å². The molecule has 0 aliphatic rings. The monoisotopic (exact) mass is 313 g/mol. The highest BCUT2D eigenvalue weighted by atomic mass is 16.5. The summed E-state index contributed by atoms with van der Waals surface area (Å²) in [6.07, 6.45) is 2.66. The number of urea groups is 1. The Hall–Kier alpha value is -2.56. The van der Waals surface area contributed by atoms with Gasteiger partial charge in [-0.05, 0) is 24.5 Å². The lowest BCUT2D eigenvalue weighted by atomic mass is 10.1. The Balaban J connectivity index is 1.73. The zero-order valence-electron chi connectivity index (χ0n) is 13.6. The predicted molar refractivity (Wildman–Crippen MR) is 90.3 cm³/mol. The number of aromatic nitrogens is 1. The topological polar surface area (TPSA) is 63.2 Å². The third kappa shape index (κ3) is 5.98. The predicted octanol–water partition coefficient (Wildman–Crippen LogP) is 3.18. The van der Waals surface area contributed by atoms with E-state index in [1.54, 1.807) is 6.20 Å². The van der Waals surface area contributed by atoms with E-state index >= 15 is 0 Å². The average molecular weight is 313 g/mol. The number of amides is 2. The maximum atomic E-state index is 11.8. The standard InChI is InChI=1S/C18H23N3O2/c1-3-9-23-17-8-7-16(12-19-17)13-21-18(22)20-11-15-6-4-5-14(2)10-15/h4-8,10,12H,3,9,11,13H2,1-2H3,(H2,20,21,22). The highest BCUT2D eigenvalue weighted by molar-refractivity contribution is 5.73. The summed E-state index contributed by atoms with van der Waals surface area (Å²) in [4.78, 5) is 16.0. The molecule has 0 aliphatic heterocycles. The van der Waals surface area contributed by atoms with Crippen LogP contribution in [-0.2, 0) is 13.1 Å². The number of hydrogen-bond donors (Lipinski definition) is 2. The van der Waals surface area contributed by atoms with Crippen LogP contribution in [0.2, 0.25) is 0 Å². The zero-order valence-corrected chi connectivity index (χ0v) is 13.6. The van der Waals surface area contributed by atoms with Gasteiger partial charge in [0.2, 0.25) is 5.88 Å².